The number of halogens is 2. The van der Waals surface area contributed by atoms with Crippen molar-refractivity contribution in [2.24, 2.45) is 11.8 Å². The van der Waals surface area contributed by atoms with Gasteiger partial charge in [0.2, 0.25) is 0 Å². The van der Waals surface area contributed by atoms with Gasteiger partial charge in [-0.05, 0) is 61.6 Å². The lowest BCUT2D eigenvalue weighted by Gasteiger charge is -2.52. The van der Waals surface area contributed by atoms with E-state index in [9.17, 15) is 4.79 Å². The van der Waals surface area contributed by atoms with E-state index in [4.69, 9.17) is 16.3 Å². The molecule has 0 radical (unpaired) electrons. The van der Waals surface area contributed by atoms with E-state index in [2.05, 4.69) is 35.1 Å². The zero-order valence-corrected chi connectivity index (χ0v) is 19.2. The molecule has 0 bridgehead atoms. The van der Waals surface area contributed by atoms with Crippen LogP contribution in [-0.4, -0.2) is 17.6 Å². The van der Waals surface area contributed by atoms with E-state index in [0.29, 0.717) is 17.4 Å². The lowest BCUT2D eigenvalue weighted by molar-refractivity contribution is -0.144. The maximum Gasteiger partial charge on any atom is 0.251 e. The number of ether oxygens (including phenoxy) is 1. The molecule has 1 aliphatic heterocycles. The van der Waals surface area contributed by atoms with E-state index in [1.54, 1.807) is 0 Å². The van der Waals surface area contributed by atoms with Gasteiger partial charge in [-0.1, -0.05) is 59.1 Å². The molecule has 0 spiro atoms. The van der Waals surface area contributed by atoms with Crippen LogP contribution in [0.3, 0.4) is 0 Å². The summed E-state index contributed by atoms with van der Waals surface area (Å²) in [5, 5.41) is 4.12. The Morgan fingerprint density at radius 2 is 1.97 bits per heavy atom. The van der Waals surface area contributed by atoms with Crippen molar-refractivity contribution in [2.75, 3.05) is 0 Å². The van der Waals surface area contributed by atoms with E-state index in [1.165, 1.54) is 6.42 Å². The average Bonchev–Trinajstić information content (AvgIpc) is 2.68. The Labute approximate surface area is 186 Å². The van der Waals surface area contributed by atoms with Crippen LogP contribution in [0.1, 0.15) is 61.6 Å². The normalized spacial score (nSPS) is 31.7. The Hall–Kier alpha value is -1.36. The predicted octanol–water partition coefficient (Wildman–Crippen LogP) is 6.56. The molecule has 5 heteroatoms. The minimum Gasteiger partial charge on any atom is -0.370 e. The first-order valence-corrected chi connectivity index (χ1v) is 11.5. The van der Waals surface area contributed by atoms with Gasteiger partial charge in [-0.2, -0.15) is 0 Å². The van der Waals surface area contributed by atoms with Crippen molar-refractivity contribution in [3.05, 3.63) is 69.2 Å². The number of carbonyl (C=O) groups excluding carboxylic acids is 1. The van der Waals surface area contributed by atoms with Crippen LogP contribution in [0.2, 0.25) is 5.02 Å². The van der Waals surface area contributed by atoms with Gasteiger partial charge in [0.15, 0.2) is 0 Å². The van der Waals surface area contributed by atoms with Gasteiger partial charge in [-0.25, -0.2) is 0 Å². The van der Waals surface area contributed by atoms with E-state index < -0.39 is 0 Å². The molecule has 1 N–H and O–H groups in total. The van der Waals surface area contributed by atoms with E-state index in [0.717, 1.165) is 34.3 Å². The maximum atomic E-state index is 13.1. The number of rotatable bonds is 3. The molecule has 0 unspecified atom stereocenters. The molecule has 1 aliphatic carbocycles. The first kappa shape index (κ1) is 20.9. The minimum atomic E-state index is -0.327. The quantitative estimate of drug-likeness (QED) is 0.545. The van der Waals surface area contributed by atoms with Crippen LogP contribution < -0.4 is 5.32 Å². The third kappa shape index (κ3) is 4.55. The molecule has 2 aliphatic rings. The molecular weight excluding hydrogens is 450 g/mol. The number of fused-ring (bicyclic) bond motifs is 1. The third-order valence-electron chi connectivity index (χ3n) is 6.55. The fourth-order valence-electron chi connectivity index (χ4n) is 4.98. The summed E-state index contributed by atoms with van der Waals surface area (Å²) in [6, 6.07) is 15.5. The van der Waals surface area contributed by atoms with Gasteiger partial charge in [-0.3, -0.25) is 4.79 Å². The monoisotopic (exact) mass is 475 g/mol. The largest absolute Gasteiger partial charge is 0.370 e. The molecule has 1 amide bonds. The topological polar surface area (TPSA) is 38.3 Å². The summed E-state index contributed by atoms with van der Waals surface area (Å²) >= 11 is 9.55. The average molecular weight is 477 g/mol. The predicted molar refractivity (Wildman–Crippen MR) is 120 cm³/mol. The van der Waals surface area contributed by atoms with E-state index in [1.807, 2.05) is 48.5 Å². The van der Waals surface area contributed by atoms with Gasteiger partial charge in [0.1, 0.15) is 0 Å². The summed E-state index contributed by atoms with van der Waals surface area (Å²) in [5.74, 6) is 0.937. The standard InChI is InChI=1S/C24H27BrClNO2/c1-15-6-11-20-21(12-15)29-22(16-7-9-19(26)10-8-16)14-24(20,2)27-23(28)17-4-3-5-18(25)13-17/h3-5,7-10,13,15,20-22H,6,11-12,14H2,1-2H3,(H,27,28)/t15-,20-,21-,22-,24-/m0/s1. The van der Waals surface area contributed by atoms with Crippen LogP contribution in [0, 0.1) is 11.8 Å². The maximum absolute atomic E-state index is 13.1. The Bertz CT molecular complexity index is 887. The number of amides is 1. The van der Waals surface area contributed by atoms with Crippen molar-refractivity contribution >= 4 is 33.4 Å². The highest BCUT2D eigenvalue weighted by atomic mass is 79.9. The molecule has 2 aromatic rings. The number of benzene rings is 2. The van der Waals surface area contributed by atoms with Crippen LogP contribution >= 0.6 is 27.5 Å². The van der Waals surface area contributed by atoms with Gasteiger partial charge in [0.05, 0.1) is 12.2 Å². The van der Waals surface area contributed by atoms with Crippen molar-refractivity contribution < 1.29 is 9.53 Å². The Kier molecular flexibility index (Phi) is 6.06. The smallest absolute Gasteiger partial charge is 0.251 e. The van der Waals surface area contributed by atoms with Crippen LogP contribution in [0.25, 0.3) is 0 Å². The Morgan fingerprint density at radius 3 is 2.69 bits per heavy atom. The van der Waals surface area contributed by atoms with Crippen molar-refractivity contribution in [2.45, 2.75) is 57.3 Å². The molecule has 2 fully saturated rings. The van der Waals surface area contributed by atoms with Gasteiger partial charge in [0.25, 0.3) is 5.91 Å². The Morgan fingerprint density at radius 1 is 1.21 bits per heavy atom. The highest BCUT2D eigenvalue weighted by molar-refractivity contribution is 9.10. The lowest BCUT2D eigenvalue weighted by atomic mass is 9.66. The van der Waals surface area contributed by atoms with E-state index >= 15 is 0 Å². The molecule has 1 saturated heterocycles. The molecule has 1 heterocycles. The lowest BCUT2D eigenvalue weighted by Crippen LogP contribution is -2.60. The molecular formula is C24H27BrClNO2. The molecule has 1 saturated carbocycles. The zero-order valence-electron chi connectivity index (χ0n) is 16.8. The van der Waals surface area contributed by atoms with Gasteiger partial charge < -0.3 is 10.1 Å². The molecule has 0 aromatic heterocycles. The summed E-state index contributed by atoms with van der Waals surface area (Å²) < 4.78 is 7.49. The number of hydrogen-bond donors (Lipinski definition) is 1. The summed E-state index contributed by atoms with van der Waals surface area (Å²) in [6.45, 7) is 4.49. The molecule has 154 valence electrons. The molecule has 2 aromatic carbocycles. The summed E-state index contributed by atoms with van der Waals surface area (Å²) in [5.41, 5.74) is 1.47. The second kappa shape index (κ2) is 8.41. The summed E-state index contributed by atoms with van der Waals surface area (Å²) in [4.78, 5) is 13.1. The highest BCUT2D eigenvalue weighted by Crippen LogP contribution is 2.48. The number of carbonyl (C=O) groups is 1. The fraction of sp³-hybridized carbons (Fsp3) is 0.458. The van der Waals surface area contributed by atoms with Crippen molar-refractivity contribution in [1.29, 1.82) is 0 Å². The molecule has 4 rings (SSSR count). The van der Waals surface area contributed by atoms with Gasteiger partial charge in [-0.15, -0.1) is 0 Å². The fourth-order valence-corrected chi connectivity index (χ4v) is 5.51. The summed E-state index contributed by atoms with van der Waals surface area (Å²) in [6.07, 6.45) is 4.15. The second-order valence-corrected chi connectivity index (χ2v) is 10.2. The number of nitrogens with one attached hydrogen (secondary N) is 1. The van der Waals surface area contributed by atoms with Crippen molar-refractivity contribution in [3.8, 4) is 0 Å². The van der Waals surface area contributed by atoms with Crippen LogP contribution in [0.4, 0.5) is 0 Å². The molecule has 5 atom stereocenters. The van der Waals surface area contributed by atoms with Crippen molar-refractivity contribution in [3.63, 3.8) is 0 Å². The van der Waals surface area contributed by atoms with Crippen LogP contribution in [0.15, 0.2) is 53.0 Å². The van der Waals surface area contributed by atoms with Gasteiger partial charge in [0, 0.05) is 32.9 Å². The first-order valence-electron chi connectivity index (χ1n) is 10.3. The highest BCUT2D eigenvalue weighted by Gasteiger charge is 2.49. The van der Waals surface area contributed by atoms with Crippen LogP contribution in [0.5, 0.6) is 0 Å². The van der Waals surface area contributed by atoms with Gasteiger partial charge >= 0.3 is 0 Å². The molecule has 3 nitrogen and oxygen atoms in total. The molecule has 29 heavy (non-hydrogen) atoms. The zero-order chi connectivity index (χ0) is 20.6. The minimum absolute atomic E-state index is 0.0251. The summed E-state index contributed by atoms with van der Waals surface area (Å²) in [7, 11) is 0. The Balaban J connectivity index is 1.62. The first-order chi connectivity index (χ1) is 13.8. The second-order valence-electron chi connectivity index (χ2n) is 8.83. The SMILES string of the molecule is C[C@H]1CC[C@H]2[C@H](C1)O[C@H](c1ccc(Cl)cc1)C[C@]2(C)NC(=O)c1cccc(Br)c1. The van der Waals surface area contributed by atoms with E-state index in [-0.39, 0.29) is 23.7 Å². The van der Waals surface area contributed by atoms with Crippen LogP contribution in [-0.2, 0) is 4.74 Å². The third-order valence-corrected chi connectivity index (χ3v) is 7.29. The van der Waals surface area contributed by atoms with Crippen molar-refractivity contribution in [1.82, 2.24) is 5.32 Å². The number of hydrogen-bond acceptors (Lipinski definition) is 2.